The van der Waals surface area contributed by atoms with Crippen molar-refractivity contribution in [2.75, 3.05) is 14.1 Å². The van der Waals surface area contributed by atoms with Crippen LogP contribution in [0.4, 0.5) is 4.79 Å². The van der Waals surface area contributed by atoms with Crippen LogP contribution in [0.2, 0.25) is 0 Å². The summed E-state index contributed by atoms with van der Waals surface area (Å²) in [5.74, 6) is -5.54. The number of nitrogens with zero attached hydrogens (tertiary/aromatic N) is 2. The smallest absolute Gasteiger partial charge is 0.507 e. The molecule has 11 heteroatoms. The van der Waals surface area contributed by atoms with Gasteiger partial charge < -0.3 is 28.9 Å². The highest BCUT2D eigenvalue weighted by atomic mass is 16.7. The van der Waals surface area contributed by atoms with Crippen LogP contribution >= 0.6 is 0 Å². The van der Waals surface area contributed by atoms with E-state index in [1.807, 2.05) is 55.5 Å². The molecule has 1 fully saturated rings. The number of phenolic OH excluding ortho intramolecular Hbond substituents is 1. The molecule has 3 aromatic carbocycles. The van der Waals surface area contributed by atoms with E-state index in [4.69, 9.17) is 18.7 Å². The molecule has 0 unspecified atom stereocenters. The number of aliphatic hydroxyl groups excluding tert-OH is 1. The van der Waals surface area contributed by atoms with E-state index in [2.05, 4.69) is 5.16 Å². The molecule has 3 aliphatic rings. The van der Waals surface area contributed by atoms with Crippen LogP contribution in [0.3, 0.4) is 0 Å². The van der Waals surface area contributed by atoms with Crippen LogP contribution in [-0.2, 0) is 27.5 Å². The molecule has 48 heavy (non-hydrogen) atoms. The topological polar surface area (TPSA) is 149 Å². The van der Waals surface area contributed by atoms with Gasteiger partial charge in [0.2, 0.25) is 0 Å². The number of carbonyl (C=O) groups excluding carboxylic acids is 3. The Morgan fingerprint density at radius 1 is 0.875 bits per heavy atom. The summed E-state index contributed by atoms with van der Waals surface area (Å²) in [7, 11) is 3.54. The van der Waals surface area contributed by atoms with Gasteiger partial charge in [0.15, 0.2) is 17.3 Å². The minimum Gasteiger partial charge on any atom is -0.507 e. The number of aromatic nitrogens is 1. The van der Waals surface area contributed by atoms with E-state index in [1.54, 1.807) is 43.3 Å². The average molecular weight is 651 g/mol. The lowest BCUT2D eigenvalue weighted by Crippen LogP contribution is -2.58. The third-order valence-electron chi connectivity index (χ3n) is 9.65. The molecule has 0 bridgehead atoms. The van der Waals surface area contributed by atoms with E-state index in [-0.39, 0.29) is 47.3 Å². The molecule has 11 nitrogen and oxygen atoms in total. The van der Waals surface area contributed by atoms with Crippen molar-refractivity contribution in [3.8, 4) is 11.6 Å². The maximum Gasteiger partial charge on any atom is 0.508 e. The predicted molar refractivity (Wildman–Crippen MR) is 171 cm³/mol. The van der Waals surface area contributed by atoms with Crippen LogP contribution in [0, 0.1) is 17.8 Å². The average Bonchev–Trinajstić information content (AvgIpc) is 3.51. The summed E-state index contributed by atoms with van der Waals surface area (Å²) in [6.07, 6.45) is -2.13. The number of rotatable bonds is 7. The molecule has 0 aliphatic heterocycles. The van der Waals surface area contributed by atoms with Gasteiger partial charge in [0.1, 0.15) is 36.4 Å². The Balaban J connectivity index is 1.33. The van der Waals surface area contributed by atoms with E-state index in [1.165, 1.54) is 6.07 Å². The molecular formula is C37H34N2O9. The molecule has 1 heterocycles. The number of ether oxygens (including phenoxy) is 3. The molecule has 3 aliphatic carbocycles. The third-order valence-corrected chi connectivity index (χ3v) is 9.65. The van der Waals surface area contributed by atoms with Crippen LogP contribution < -0.4 is 4.74 Å². The first kappa shape index (κ1) is 31.2. The van der Waals surface area contributed by atoms with Crippen molar-refractivity contribution in [3.63, 3.8) is 0 Å². The van der Waals surface area contributed by atoms with E-state index in [9.17, 15) is 24.6 Å². The first-order valence-corrected chi connectivity index (χ1v) is 15.7. The number of aromatic hydroxyl groups is 1. The SMILES string of the molecule is C[C@H]1c2cccc(O)c2C(O)=C2C(=O)[C@@H]3C(=O)c4c(OCc5ccccc5)noc4[C@@H](N(C)C)[C@@H]3[C@@H](OC(=O)OCc3ccccc3)[C@@H]21. The molecular weight excluding hydrogens is 616 g/mol. The molecule has 4 aromatic rings. The van der Waals surface area contributed by atoms with E-state index >= 15 is 0 Å². The Kier molecular flexibility index (Phi) is 8.00. The molecule has 1 aromatic heterocycles. The number of Topliss-reactive ketones (excluding diaryl/α,β-unsaturated/α-hetero) is 2. The molecule has 1 saturated carbocycles. The van der Waals surface area contributed by atoms with Crippen molar-refractivity contribution in [1.29, 1.82) is 0 Å². The Hall–Kier alpha value is -5.42. The fourth-order valence-corrected chi connectivity index (χ4v) is 7.55. The maximum absolute atomic E-state index is 14.6. The van der Waals surface area contributed by atoms with E-state index in [0.29, 0.717) is 5.56 Å². The lowest BCUT2D eigenvalue weighted by atomic mass is 9.56. The van der Waals surface area contributed by atoms with Crippen LogP contribution in [0.25, 0.3) is 5.76 Å². The van der Waals surface area contributed by atoms with Gasteiger partial charge in [0, 0.05) is 17.4 Å². The Bertz CT molecular complexity index is 1920. The van der Waals surface area contributed by atoms with Crippen molar-refractivity contribution >= 4 is 23.5 Å². The summed E-state index contributed by atoms with van der Waals surface area (Å²) in [6, 6.07) is 22.5. The van der Waals surface area contributed by atoms with Crippen LogP contribution in [-0.4, -0.2) is 58.2 Å². The second-order valence-corrected chi connectivity index (χ2v) is 12.6. The number of phenols is 1. The van der Waals surface area contributed by atoms with Crippen LogP contribution in [0.5, 0.6) is 11.6 Å². The van der Waals surface area contributed by atoms with Gasteiger partial charge in [-0.2, -0.15) is 0 Å². The van der Waals surface area contributed by atoms with E-state index in [0.717, 1.165) is 11.1 Å². The largest absolute Gasteiger partial charge is 0.508 e. The maximum atomic E-state index is 14.6. The number of hydrogen-bond acceptors (Lipinski definition) is 11. The third kappa shape index (κ3) is 5.11. The Morgan fingerprint density at radius 3 is 2.21 bits per heavy atom. The lowest BCUT2D eigenvalue weighted by Gasteiger charge is -2.50. The number of aliphatic hydroxyl groups is 1. The zero-order chi connectivity index (χ0) is 33.7. The van der Waals surface area contributed by atoms with Gasteiger partial charge in [-0.05, 0) is 47.9 Å². The molecule has 7 rings (SSSR count). The molecule has 0 amide bonds. The number of benzene rings is 3. The van der Waals surface area contributed by atoms with Gasteiger partial charge in [-0.15, -0.1) is 0 Å². The lowest BCUT2D eigenvalue weighted by molar-refractivity contribution is -0.132. The fourth-order valence-electron chi connectivity index (χ4n) is 7.55. The second-order valence-electron chi connectivity index (χ2n) is 12.6. The van der Waals surface area contributed by atoms with Crippen molar-refractivity contribution < 1.29 is 43.3 Å². The van der Waals surface area contributed by atoms with Crippen molar-refractivity contribution in [2.24, 2.45) is 17.8 Å². The summed E-state index contributed by atoms with van der Waals surface area (Å²) in [4.78, 5) is 44.3. The molecule has 6 atom stereocenters. The second kappa shape index (κ2) is 12.3. The van der Waals surface area contributed by atoms with Crippen molar-refractivity contribution in [2.45, 2.75) is 38.2 Å². The zero-order valence-electron chi connectivity index (χ0n) is 26.5. The van der Waals surface area contributed by atoms with Crippen molar-refractivity contribution in [1.82, 2.24) is 10.1 Å². The first-order valence-electron chi connectivity index (χ1n) is 15.7. The summed E-state index contributed by atoms with van der Waals surface area (Å²) in [5.41, 5.74) is 2.19. The number of ketones is 2. The molecule has 0 radical (unpaired) electrons. The first-order chi connectivity index (χ1) is 23.2. The zero-order valence-corrected chi connectivity index (χ0v) is 26.5. The fraction of sp³-hybridized carbons (Fsp3) is 0.297. The molecule has 0 spiro atoms. The molecule has 0 saturated heterocycles. The van der Waals surface area contributed by atoms with Gasteiger partial charge >= 0.3 is 6.16 Å². The van der Waals surface area contributed by atoms with Gasteiger partial charge in [0.05, 0.1) is 17.5 Å². The highest BCUT2D eigenvalue weighted by molar-refractivity contribution is 6.21. The molecule has 246 valence electrons. The Morgan fingerprint density at radius 2 is 1.54 bits per heavy atom. The Labute approximate surface area is 276 Å². The monoisotopic (exact) mass is 650 g/mol. The minimum atomic E-state index is -1.40. The van der Waals surface area contributed by atoms with Gasteiger partial charge in [-0.3, -0.25) is 14.5 Å². The number of fused-ring (bicyclic) bond motifs is 4. The number of hydrogen-bond donors (Lipinski definition) is 2. The standard InChI is InChI=1S/C37H34N2O9/c1-19-22-15-10-16-23(40)25(22)31(41)27-24(19)34(47-37(44)46-18-21-13-8-5-9-14-21)26-28(32(27)42)33(43)29-35(30(26)39(2)3)48-38-36(29)45-17-20-11-6-4-7-12-20/h4-16,19,24,26,28,30,34,40-41H,17-18H2,1-3H3/t19-,24+,26+,28+,30-,34-/m0/s1. The highest BCUT2D eigenvalue weighted by Gasteiger charge is 2.63. The normalized spacial score (nSPS) is 24.3. The van der Waals surface area contributed by atoms with Crippen LogP contribution in [0.15, 0.2) is 89.0 Å². The minimum absolute atomic E-state index is 0.0234. The quantitative estimate of drug-likeness (QED) is 0.179. The predicted octanol–water partition coefficient (Wildman–Crippen LogP) is 6.00. The van der Waals surface area contributed by atoms with Crippen molar-refractivity contribution in [3.05, 3.63) is 118 Å². The van der Waals surface area contributed by atoms with Gasteiger partial charge in [0.25, 0.3) is 5.88 Å². The summed E-state index contributed by atoms with van der Waals surface area (Å²) >= 11 is 0. The molecule has 2 N–H and O–H groups in total. The number of carbonyl (C=O) groups is 3. The summed E-state index contributed by atoms with van der Waals surface area (Å²) in [5, 5.41) is 26.5. The van der Waals surface area contributed by atoms with E-state index < -0.39 is 59.3 Å². The highest BCUT2D eigenvalue weighted by Crippen LogP contribution is 2.58. The van der Waals surface area contributed by atoms with Gasteiger partial charge in [-0.1, -0.05) is 79.7 Å². The van der Waals surface area contributed by atoms with Crippen LogP contribution in [0.1, 0.15) is 57.3 Å². The van der Waals surface area contributed by atoms with Gasteiger partial charge in [-0.25, -0.2) is 4.79 Å². The summed E-state index contributed by atoms with van der Waals surface area (Å²) in [6.45, 7) is 1.87. The summed E-state index contributed by atoms with van der Waals surface area (Å²) < 4.78 is 23.4.